The quantitative estimate of drug-likeness (QED) is 0.826. The minimum absolute atomic E-state index is 0.129. The molecule has 7 nitrogen and oxygen atoms in total. The van der Waals surface area contributed by atoms with Crippen LogP contribution in [0.2, 0.25) is 0 Å². The SMILES string of the molecule is Cc1cc(C(=O)N2CCN(C(=O)c3ccco3)CC2)ncn1. The van der Waals surface area contributed by atoms with Crippen LogP contribution in [-0.4, -0.2) is 57.8 Å². The second-order valence-electron chi connectivity index (χ2n) is 5.11. The van der Waals surface area contributed by atoms with Crippen molar-refractivity contribution in [3.8, 4) is 0 Å². The molecule has 3 rings (SSSR count). The van der Waals surface area contributed by atoms with E-state index in [1.807, 2.05) is 6.92 Å². The zero-order valence-electron chi connectivity index (χ0n) is 12.2. The first-order chi connectivity index (χ1) is 10.6. The van der Waals surface area contributed by atoms with Gasteiger partial charge in [0.1, 0.15) is 12.0 Å². The summed E-state index contributed by atoms with van der Waals surface area (Å²) < 4.78 is 5.12. The number of rotatable bonds is 2. The molecule has 1 fully saturated rings. The molecule has 2 amide bonds. The van der Waals surface area contributed by atoms with Crippen molar-refractivity contribution in [1.82, 2.24) is 19.8 Å². The van der Waals surface area contributed by atoms with E-state index in [1.54, 1.807) is 28.0 Å². The predicted molar refractivity (Wildman–Crippen MR) is 77.3 cm³/mol. The van der Waals surface area contributed by atoms with E-state index in [9.17, 15) is 9.59 Å². The Bertz CT molecular complexity index is 676. The Morgan fingerprint density at radius 3 is 2.36 bits per heavy atom. The number of aromatic nitrogens is 2. The number of piperazine rings is 1. The molecule has 7 heteroatoms. The minimum Gasteiger partial charge on any atom is -0.459 e. The number of carbonyl (C=O) groups is 2. The summed E-state index contributed by atoms with van der Waals surface area (Å²) in [5.41, 5.74) is 1.14. The molecule has 1 saturated heterocycles. The summed E-state index contributed by atoms with van der Waals surface area (Å²) in [4.78, 5) is 35.9. The summed E-state index contributed by atoms with van der Waals surface area (Å²) in [6, 6.07) is 5.00. The molecule has 0 atom stereocenters. The summed E-state index contributed by atoms with van der Waals surface area (Å²) in [6.45, 7) is 3.74. The van der Waals surface area contributed by atoms with Crippen molar-refractivity contribution >= 4 is 11.8 Å². The Kier molecular flexibility index (Phi) is 3.86. The Labute approximate surface area is 127 Å². The summed E-state index contributed by atoms with van der Waals surface area (Å²) in [7, 11) is 0. The second-order valence-corrected chi connectivity index (χ2v) is 5.11. The van der Waals surface area contributed by atoms with Gasteiger partial charge in [0.25, 0.3) is 11.8 Å². The number of aryl methyl sites for hydroxylation is 1. The number of nitrogens with zero attached hydrogens (tertiary/aromatic N) is 4. The van der Waals surface area contributed by atoms with E-state index in [0.717, 1.165) is 5.69 Å². The monoisotopic (exact) mass is 300 g/mol. The van der Waals surface area contributed by atoms with Gasteiger partial charge in [-0.1, -0.05) is 0 Å². The number of hydrogen-bond donors (Lipinski definition) is 0. The van der Waals surface area contributed by atoms with Crippen LogP contribution in [0.25, 0.3) is 0 Å². The van der Waals surface area contributed by atoms with E-state index >= 15 is 0 Å². The largest absolute Gasteiger partial charge is 0.459 e. The van der Waals surface area contributed by atoms with E-state index in [0.29, 0.717) is 37.6 Å². The maximum absolute atomic E-state index is 12.4. The zero-order valence-corrected chi connectivity index (χ0v) is 12.2. The second kappa shape index (κ2) is 5.97. The van der Waals surface area contributed by atoms with Gasteiger partial charge in [-0.05, 0) is 25.1 Å². The lowest BCUT2D eigenvalue weighted by Crippen LogP contribution is -2.50. The van der Waals surface area contributed by atoms with Crippen LogP contribution in [0.4, 0.5) is 0 Å². The average molecular weight is 300 g/mol. The maximum Gasteiger partial charge on any atom is 0.289 e. The van der Waals surface area contributed by atoms with Gasteiger partial charge >= 0.3 is 0 Å². The van der Waals surface area contributed by atoms with Gasteiger partial charge in [-0.2, -0.15) is 0 Å². The van der Waals surface area contributed by atoms with Gasteiger partial charge in [0, 0.05) is 31.9 Å². The fourth-order valence-corrected chi connectivity index (χ4v) is 2.40. The Morgan fingerprint density at radius 1 is 1.09 bits per heavy atom. The first-order valence-corrected chi connectivity index (χ1v) is 7.06. The third kappa shape index (κ3) is 2.83. The van der Waals surface area contributed by atoms with Crippen LogP contribution in [-0.2, 0) is 0 Å². The highest BCUT2D eigenvalue weighted by atomic mass is 16.3. The van der Waals surface area contributed by atoms with Gasteiger partial charge in [-0.3, -0.25) is 9.59 Å². The lowest BCUT2D eigenvalue weighted by molar-refractivity contribution is 0.0515. The van der Waals surface area contributed by atoms with Crippen LogP contribution in [0.1, 0.15) is 26.7 Å². The van der Waals surface area contributed by atoms with Gasteiger partial charge in [0.15, 0.2) is 5.76 Å². The highest BCUT2D eigenvalue weighted by Gasteiger charge is 2.27. The highest BCUT2D eigenvalue weighted by Crippen LogP contribution is 2.11. The predicted octanol–water partition coefficient (Wildman–Crippen LogP) is 0.976. The van der Waals surface area contributed by atoms with E-state index in [-0.39, 0.29) is 11.8 Å². The van der Waals surface area contributed by atoms with Gasteiger partial charge in [0.2, 0.25) is 0 Å². The molecule has 0 saturated carbocycles. The molecule has 3 heterocycles. The minimum atomic E-state index is -0.144. The fourth-order valence-electron chi connectivity index (χ4n) is 2.40. The van der Waals surface area contributed by atoms with Crippen LogP contribution in [0.15, 0.2) is 35.2 Å². The molecule has 1 aliphatic heterocycles. The third-order valence-corrected chi connectivity index (χ3v) is 3.61. The van der Waals surface area contributed by atoms with Gasteiger partial charge in [-0.15, -0.1) is 0 Å². The fraction of sp³-hybridized carbons (Fsp3) is 0.333. The summed E-state index contributed by atoms with van der Waals surface area (Å²) in [5.74, 6) is 0.0526. The lowest BCUT2D eigenvalue weighted by Gasteiger charge is -2.34. The molecule has 0 aliphatic carbocycles. The Morgan fingerprint density at radius 2 is 1.77 bits per heavy atom. The van der Waals surface area contributed by atoms with E-state index in [2.05, 4.69) is 9.97 Å². The normalized spacial score (nSPS) is 15.0. The van der Waals surface area contributed by atoms with Crippen LogP contribution >= 0.6 is 0 Å². The van der Waals surface area contributed by atoms with Crippen molar-refractivity contribution in [2.24, 2.45) is 0 Å². The highest BCUT2D eigenvalue weighted by molar-refractivity contribution is 5.93. The van der Waals surface area contributed by atoms with Gasteiger partial charge < -0.3 is 14.2 Å². The van der Waals surface area contributed by atoms with Gasteiger partial charge in [-0.25, -0.2) is 9.97 Å². The molecule has 2 aromatic heterocycles. The molecule has 114 valence electrons. The van der Waals surface area contributed by atoms with Gasteiger partial charge in [0.05, 0.1) is 6.26 Å². The van der Waals surface area contributed by atoms with Crippen molar-refractivity contribution in [2.75, 3.05) is 26.2 Å². The average Bonchev–Trinajstić information content (AvgIpc) is 3.08. The molecule has 0 N–H and O–H groups in total. The molecule has 1 aliphatic rings. The number of hydrogen-bond acceptors (Lipinski definition) is 5. The number of amides is 2. The van der Waals surface area contributed by atoms with Crippen LogP contribution < -0.4 is 0 Å². The lowest BCUT2D eigenvalue weighted by atomic mass is 10.2. The topological polar surface area (TPSA) is 79.5 Å². The number of furan rings is 1. The molecule has 0 radical (unpaired) electrons. The smallest absolute Gasteiger partial charge is 0.289 e. The summed E-state index contributed by atoms with van der Waals surface area (Å²) >= 11 is 0. The first-order valence-electron chi connectivity index (χ1n) is 7.06. The summed E-state index contributed by atoms with van der Waals surface area (Å²) in [6.07, 6.45) is 2.86. The van der Waals surface area contributed by atoms with E-state index < -0.39 is 0 Å². The molecule has 0 aromatic carbocycles. The molecule has 0 unspecified atom stereocenters. The molecule has 22 heavy (non-hydrogen) atoms. The zero-order chi connectivity index (χ0) is 15.5. The molecular formula is C15H16N4O3. The summed E-state index contributed by atoms with van der Waals surface area (Å²) in [5, 5.41) is 0. The molecule has 2 aromatic rings. The van der Waals surface area contributed by atoms with E-state index in [4.69, 9.17) is 4.42 Å². The third-order valence-electron chi connectivity index (χ3n) is 3.61. The van der Waals surface area contributed by atoms with Crippen LogP contribution in [0.3, 0.4) is 0 Å². The van der Waals surface area contributed by atoms with Crippen molar-refractivity contribution < 1.29 is 14.0 Å². The maximum atomic E-state index is 12.4. The number of carbonyl (C=O) groups excluding carboxylic acids is 2. The first kappa shape index (κ1) is 14.2. The van der Waals surface area contributed by atoms with E-state index in [1.165, 1.54) is 12.6 Å². The van der Waals surface area contributed by atoms with Crippen LogP contribution in [0, 0.1) is 6.92 Å². The Balaban J connectivity index is 1.62. The standard InChI is InChI=1S/C15H16N4O3/c1-11-9-12(17-10-16-11)14(20)18-4-6-19(7-5-18)15(21)13-3-2-8-22-13/h2-3,8-10H,4-7H2,1H3. The van der Waals surface area contributed by atoms with Crippen LogP contribution in [0.5, 0.6) is 0 Å². The van der Waals surface area contributed by atoms with Crippen molar-refractivity contribution in [3.05, 3.63) is 47.9 Å². The van der Waals surface area contributed by atoms with Crippen molar-refractivity contribution in [3.63, 3.8) is 0 Å². The Hall–Kier alpha value is -2.70. The molecule has 0 bridgehead atoms. The molecular weight excluding hydrogens is 284 g/mol. The molecule has 0 spiro atoms. The van der Waals surface area contributed by atoms with Crippen molar-refractivity contribution in [2.45, 2.75) is 6.92 Å². The van der Waals surface area contributed by atoms with Crippen molar-refractivity contribution in [1.29, 1.82) is 0 Å².